The molecule has 1 aliphatic rings. The van der Waals surface area contributed by atoms with Gasteiger partial charge in [0, 0.05) is 5.41 Å². The van der Waals surface area contributed by atoms with Crippen molar-refractivity contribution in [2.75, 3.05) is 0 Å². The van der Waals surface area contributed by atoms with Crippen LogP contribution in [-0.2, 0) is 5.41 Å². The molecule has 8 aromatic carbocycles. The fraction of sp³-hybridized carbons (Fsp3) is 0.0638. The summed E-state index contributed by atoms with van der Waals surface area (Å²) in [5.74, 6) is 0. The van der Waals surface area contributed by atoms with Crippen LogP contribution in [0.5, 0.6) is 0 Å². The van der Waals surface area contributed by atoms with E-state index in [1.165, 1.54) is 88.3 Å². The molecule has 0 saturated heterocycles. The minimum atomic E-state index is 0.0204. The van der Waals surface area contributed by atoms with Gasteiger partial charge >= 0.3 is 0 Å². The Hall–Kier alpha value is -5.72. The zero-order chi connectivity index (χ0) is 31.5. The molecule has 222 valence electrons. The molecule has 0 heterocycles. The van der Waals surface area contributed by atoms with Gasteiger partial charge in [0.2, 0.25) is 0 Å². The van der Waals surface area contributed by atoms with Crippen molar-refractivity contribution in [2.45, 2.75) is 19.3 Å². The first-order chi connectivity index (χ1) is 23.1. The van der Waals surface area contributed by atoms with Crippen molar-refractivity contribution in [1.29, 1.82) is 0 Å². The molecule has 0 fully saturated rings. The van der Waals surface area contributed by atoms with E-state index < -0.39 is 0 Å². The van der Waals surface area contributed by atoms with Crippen LogP contribution in [-0.4, -0.2) is 0 Å². The molecule has 0 heteroatoms. The van der Waals surface area contributed by atoms with Crippen molar-refractivity contribution in [2.24, 2.45) is 0 Å². The van der Waals surface area contributed by atoms with Crippen LogP contribution in [0.2, 0.25) is 0 Å². The van der Waals surface area contributed by atoms with Crippen molar-refractivity contribution in [3.63, 3.8) is 0 Å². The number of hydrogen-bond acceptors (Lipinski definition) is 0. The Morgan fingerprint density at radius 3 is 1.23 bits per heavy atom. The van der Waals surface area contributed by atoms with Gasteiger partial charge in [0.25, 0.3) is 0 Å². The molecule has 0 bridgehead atoms. The highest BCUT2D eigenvalue weighted by Gasteiger charge is 2.35. The molecular weight excluding hydrogens is 565 g/mol. The highest BCUT2D eigenvalue weighted by Crippen LogP contribution is 2.50. The smallest absolute Gasteiger partial charge is 0.0158 e. The molecule has 47 heavy (non-hydrogen) atoms. The fourth-order valence-electron chi connectivity index (χ4n) is 7.94. The lowest BCUT2D eigenvalue weighted by Gasteiger charge is -2.21. The Morgan fingerprint density at radius 2 is 0.681 bits per heavy atom. The third kappa shape index (κ3) is 4.37. The first-order valence-electron chi connectivity index (χ1n) is 16.5. The molecule has 0 N–H and O–H groups in total. The van der Waals surface area contributed by atoms with Crippen LogP contribution < -0.4 is 0 Å². The second-order valence-electron chi connectivity index (χ2n) is 13.3. The summed E-state index contributed by atoms with van der Waals surface area (Å²) in [7, 11) is 0. The van der Waals surface area contributed by atoms with E-state index in [2.05, 4.69) is 184 Å². The van der Waals surface area contributed by atoms with Crippen molar-refractivity contribution in [3.8, 4) is 55.6 Å². The Morgan fingerprint density at radius 1 is 0.298 bits per heavy atom. The van der Waals surface area contributed by atoms with E-state index in [0.717, 1.165) is 0 Å². The molecule has 0 nitrogen and oxygen atoms in total. The summed E-state index contributed by atoms with van der Waals surface area (Å²) in [6.07, 6.45) is 0. The molecule has 0 radical (unpaired) electrons. The van der Waals surface area contributed by atoms with E-state index in [9.17, 15) is 0 Å². The van der Waals surface area contributed by atoms with Crippen molar-refractivity contribution < 1.29 is 0 Å². The summed E-state index contributed by atoms with van der Waals surface area (Å²) in [6, 6.07) is 62.6. The van der Waals surface area contributed by atoms with Crippen LogP contribution in [0.15, 0.2) is 170 Å². The molecule has 1 aliphatic carbocycles. The van der Waals surface area contributed by atoms with Crippen LogP contribution in [0.4, 0.5) is 0 Å². The van der Waals surface area contributed by atoms with Crippen LogP contribution >= 0.6 is 0 Å². The summed E-state index contributed by atoms with van der Waals surface area (Å²) < 4.78 is 0. The number of rotatable bonds is 4. The average molecular weight is 599 g/mol. The quantitative estimate of drug-likeness (QED) is 0.177. The van der Waals surface area contributed by atoms with Gasteiger partial charge in [-0.3, -0.25) is 0 Å². The van der Waals surface area contributed by atoms with Gasteiger partial charge in [0.15, 0.2) is 0 Å². The molecule has 0 saturated carbocycles. The summed E-state index contributed by atoms with van der Waals surface area (Å²) in [5, 5.41) is 5.10. The van der Waals surface area contributed by atoms with Crippen LogP contribution in [0, 0.1) is 0 Å². The SMILES string of the molecule is CC1(C)c2ccccc2-c2cc(-c3ccc(-c4c5ccccc5c(-c5ccc(-c6ccccc6)cc5)c5ccccc45)cc3)ccc21. The number of benzene rings is 8. The molecule has 0 spiro atoms. The molecule has 0 unspecified atom stereocenters. The maximum atomic E-state index is 2.39. The van der Waals surface area contributed by atoms with E-state index in [0.29, 0.717) is 0 Å². The maximum Gasteiger partial charge on any atom is 0.0158 e. The third-order valence-electron chi connectivity index (χ3n) is 10.3. The Labute approximate surface area is 276 Å². The van der Waals surface area contributed by atoms with Crippen LogP contribution in [0.25, 0.3) is 77.2 Å². The summed E-state index contributed by atoms with van der Waals surface area (Å²) in [6.45, 7) is 4.68. The minimum absolute atomic E-state index is 0.0204. The van der Waals surface area contributed by atoms with Gasteiger partial charge in [-0.25, -0.2) is 0 Å². The second-order valence-corrected chi connectivity index (χ2v) is 13.3. The van der Waals surface area contributed by atoms with Gasteiger partial charge in [0.1, 0.15) is 0 Å². The summed E-state index contributed by atoms with van der Waals surface area (Å²) >= 11 is 0. The van der Waals surface area contributed by atoms with Gasteiger partial charge in [-0.2, -0.15) is 0 Å². The zero-order valence-electron chi connectivity index (χ0n) is 26.7. The van der Waals surface area contributed by atoms with E-state index in [4.69, 9.17) is 0 Å². The number of hydrogen-bond donors (Lipinski definition) is 0. The lowest BCUT2D eigenvalue weighted by molar-refractivity contribution is 0.660. The van der Waals surface area contributed by atoms with Gasteiger partial charge < -0.3 is 0 Å². The molecule has 8 aromatic rings. The lowest BCUT2D eigenvalue weighted by atomic mass is 9.82. The van der Waals surface area contributed by atoms with E-state index in [1.807, 2.05) is 0 Å². The van der Waals surface area contributed by atoms with Gasteiger partial charge in [-0.05, 0) is 94.4 Å². The van der Waals surface area contributed by atoms with Crippen molar-refractivity contribution in [1.82, 2.24) is 0 Å². The minimum Gasteiger partial charge on any atom is -0.0622 e. The fourth-order valence-corrected chi connectivity index (χ4v) is 7.94. The first-order valence-corrected chi connectivity index (χ1v) is 16.5. The Bertz CT molecular complexity index is 2390. The van der Waals surface area contributed by atoms with E-state index in [-0.39, 0.29) is 5.41 Å². The predicted octanol–water partition coefficient (Wildman–Crippen LogP) is 13.0. The lowest BCUT2D eigenvalue weighted by Crippen LogP contribution is -2.14. The van der Waals surface area contributed by atoms with Crippen LogP contribution in [0.3, 0.4) is 0 Å². The highest BCUT2D eigenvalue weighted by molar-refractivity contribution is 6.21. The number of fused-ring (bicyclic) bond motifs is 5. The molecule has 0 aliphatic heterocycles. The average Bonchev–Trinajstić information content (AvgIpc) is 3.36. The standard InChI is InChI=1S/C47H34/c1-47(2)43-19-11-10-14-37(43)42-30-36(28-29-44(42)47)33-22-26-35(27-23-33)46-40-17-8-6-15-38(40)45(39-16-7-9-18-41(39)46)34-24-20-32(21-25-34)31-12-4-3-5-13-31/h3-30H,1-2H3. The van der Waals surface area contributed by atoms with Crippen molar-refractivity contribution in [3.05, 3.63) is 181 Å². The normalized spacial score (nSPS) is 13.1. The van der Waals surface area contributed by atoms with Crippen molar-refractivity contribution >= 4 is 21.5 Å². The molecule has 0 atom stereocenters. The van der Waals surface area contributed by atoms with Crippen LogP contribution in [0.1, 0.15) is 25.0 Å². The van der Waals surface area contributed by atoms with Gasteiger partial charge in [-0.1, -0.05) is 178 Å². The second kappa shape index (κ2) is 10.7. The summed E-state index contributed by atoms with van der Waals surface area (Å²) in [5.41, 5.74) is 15.6. The van der Waals surface area contributed by atoms with E-state index in [1.54, 1.807) is 0 Å². The molecule has 0 amide bonds. The zero-order valence-corrected chi connectivity index (χ0v) is 26.7. The largest absolute Gasteiger partial charge is 0.0622 e. The Balaban J connectivity index is 1.16. The predicted molar refractivity (Wildman–Crippen MR) is 201 cm³/mol. The van der Waals surface area contributed by atoms with E-state index >= 15 is 0 Å². The Kier molecular flexibility index (Phi) is 6.27. The third-order valence-corrected chi connectivity index (χ3v) is 10.3. The van der Waals surface area contributed by atoms with Gasteiger partial charge in [-0.15, -0.1) is 0 Å². The molecular formula is C47H34. The topological polar surface area (TPSA) is 0 Å². The highest BCUT2D eigenvalue weighted by atomic mass is 14.4. The summed E-state index contributed by atoms with van der Waals surface area (Å²) in [4.78, 5) is 0. The monoisotopic (exact) mass is 598 g/mol. The molecule has 9 rings (SSSR count). The molecule has 0 aromatic heterocycles. The van der Waals surface area contributed by atoms with Gasteiger partial charge in [0.05, 0.1) is 0 Å². The first kappa shape index (κ1) is 27.6. The maximum absolute atomic E-state index is 2.39.